The van der Waals surface area contributed by atoms with Crippen molar-refractivity contribution in [2.75, 3.05) is 19.7 Å². The van der Waals surface area contributed by atoms with Gasteiger partial charge in [0.05, 0.1) is 13.0 Å². The van der Waals surface area contributed by atoms with Gasteiger partial charge >= 0.3 is 5.97 Å². The largest absolute Gasteiger partial charge is 0.466 e. The number of fused-ring (bicyclic) bond motifs is 1. The summed E-state index contributed by atoms with van der Waals surface area (Å²) in [4.78, 5) is 25.8. The van der Waals surface area contributed by atoms with E-state index in [0.29, 0.717) is 19.1 Å². The number of ketones is 1. The molecule has 2 rings (SSSR count). The van der Waals surface area contributed by atoms with Crippen LogP contribution < -0.4 is 0 Å². The van der Waals surface area contributed by atoms with Crippen LogP contribution >= 0.6 is 0 Å². The number of carbonyl (C=O) groups is 2. The fourth-order valence-electron chi connectivity index (χ4n) is 3.00. The zero-order chi connectivity index (χ0) is 13.0. The molecule has 2 aliphatic rings. The minimum Gasteiger partial charge on any atom is -0.466 e. The Morgan fingerprint density at radius 3 is 2.72 bits per heavy atom. The van der Waals surface area contributed by atoms with Crippen molar-refractivity contribution in [3.8, 4) is 0 Å². The number of nitrogens with zero attached hydrogens (tertiary/aromatic N) is 1. The van der Waals surface area contributed by atoms with Crippen LogP contribution in [0.5, 0.6) is 0 Å². The van der Waals surface area contributed by atoms with Gasteiger partial charge in [-0.25, -0.2) is 0 Å². The fraction of sp³-hybridized carbons (Fsp3) is 0.857. The van der Waals surface area contributed by atoms with E-state index in [0.717, 1.165) is 25.8 Å². The average molecular weight is 253 g/mol. The van der Waals surface area contributed by atoms with Crippen molar-refractivity contribution < 1.29 is 14.3 Å². The molecule has 0 N–H and O–H groups in total. The topological polar surface area (TPSA) is 46.6 Å². The number of esters is 1. The van der Waals surface area contributed by atoms with Crippen LogP contribution in [0.1, 0.15) is 45.4 Å². The van der Waals surface area contributed by atoms with Gasteiger partial charge in [0.25, 0.3) is 0 Å². The van der Waals surface area contributed by atoms with Gasteiger partial charge in [0.15, 0.2) is 0 Å². The Morgan fingerprint density at radius 2 is 2.06 bits per heavy atom. The normalized spacial score (nSPS) is 27.8. The molecule has 2 aliphatic heterocycles. The number of carbonyl (C=O) groups excluding carboxylic acids is 2. The first-order chi connectivity index (χ1) is 8.70. The Balaban J connectivity index is 1.75. The molecule has 102 valence electrons. The molecule has 18 heavy (non-hydrogen) atoms. The van der Waals surface area contributed by atoms with Crippen molar-refractivity contribution in [2.45, 2.75) is 51.5 Å². The molecule has 0 bridgehead atoms. The molecule has 0 amide bonds. The van der Waals surface area contributed by atoms with E-state index in [-0.39, 0.29) is 24.1 Å². The average Bonchev–Trinajstić information content (AvgIpc) is 2.47. The lowest BCUT2D eigenvalue weighted by atomic mass is 9.87. The van der Waals surface area contributed by atoms with Crippen molar-refractivity contribution in [3.05, 3.63) is 0 Å². The van der Waals surface area contributed by atoms with Crippen molar-refractivity contribution in [1.29, 1.82) is 0 Å². The summed E-state index contributed by atoms with van der Waals surface area (Å²) < 4.78 is 4.85. The monoisotopic (exact) mass is 253 g/mol. The molecule has 4 nitrogen and oxygen atoms in total. The van der Waals surface area contributed by atoms with Gasteiger partial charge in [-0.05, 0) is 45.7 Å². The summed E-state index contributed by atoms with van der Waals surface area (Å²) in [6.07, 6.45) is 4.96. The van der Waals surface area contributed by atoms with Crippen molar-refractivity contribution in [2.24, 2.45) is 5.92 Å². The summed E-state index contributed by atoms with van der Waals surface area (Å²) >= 11 is 0. The standard InChI is InChI=1S/C14H23NO3/c1-2-18-14(17)6-5-13(16)11-4-3-8-15-9-7-12(15)10-11/h11-12H,2-10H2,1H3. The maximum absolute atomic E-state index is 12.1. The van der Waals surface area contributed by atoms with Crippen LogP contribution in [-0.4, -0.2) is 42.4 Å². The van der Waals surface area contributed by atoms with E-state index < -0.39 is 0 Å². The molecule has 0 aromatic rings. The van der Waals surface area contributed by atoms with Crippen molar-refractivity contribution >= 4 is 11.8 Å². The van der Waals surface area contributed by atoms with Gasteiger partial charge in [-0.2, -0.15) is 0 Å². The zero-order valence-corrected chi connectivity index (χ0v) is 11.2. The molecule has 4 heteroatoms. The highest BCUT2D eigenvalue weighted by Crippen LogP contribution is 2.31. The highest BCUT2D eigenvalue weighted by Gasteiger charge is 2.34. The highest BCUT2D eigenvalue weighted by molar-refractivity contribution is 5.84. The number of rotatable bonds is 5. The number of Topliss-reactive ketones (excluding diaryl/α,β-unsaturated/α-hetero) is 1. The molecule has 2 saturated heterocycles. The fourth-order valence-corrected chi connectivity index (χ4v) is 3.00. The van der Waals surface area contributed by atoms with Crippen LogP contribution in [0.3, 0.4) is 0 Å². The first-order valence-electron chi connectivity index (χ1n) is 7.13. The SMILES string of the molecule is CCOC(=O)CCC(=O)C1CCCN2CCC2C1. The van der Waals surface area contributed by atoms with E-state index in [1.54, 1.807) is 6.92 Å². The molecule has 2 unspecified atom stereocenters. The van der Waals surface area contributed by atoms with Gasteiger partial charge in [0.2, 0.25) is 0 Å². The zero-order valence-electron chi connectivity index (χ0n) is 11.2. The molecule has 2 fully saturated rings. The summed E-state index contributed by atoms with van der Waals surface area (Å²) in [5.41, 5.74) is 0. The molecular weight excluding hydrogens is 230 g/mol. The van der Waals surface area contributed by atoms with Crippen LogP contribution in [0, 0.1) is 5.92 Å². The predicted molar refractivity (Wildman–Crippen MR) is 68.2 cm³/mol. The second-order valence-electron chi connectivity index (χ2n) is 5.32. The van der Waals surface area contributed by atoms with Crippen LogP contribution in [-0.2, 0) is 14.3 Å². The molecule has 0 aliphatic carbocycles. The first-order valence-corrected chi connectivity index (χ1v) is 7.13. The maximum Gasteiger partial charge on any atom is 0.306 e. The van der Waals surface area contributed by atoms with Crippen molar-refractivity contribution in [1.82, 2.24) is 4.90 Å². The Morgan fingerprint density at radius 1 is 1.22 bits per heavy atom. The van der Waals surface area contributed by atoms with E-state index in [1.807, 2.05) is 0 Å². The molecule has 0 spiro atoms. The summed E-state index contributed by atoms with van der Waals surface area (Å²) in [6.45, 7) is 4.53. The Bertz CT molecular complexity index is 316. The molecule has 0 saturated carbocycles. The molecule has 0 aromatic carbocycles. The Labute approximate surface area is 109 Å². The molecule has 2 atom stereocenters. The van der Waals surface area contributed by atoms with Gasteiger partial charge in [-0.1, -0.05) is 0 Å². The van der Waals surface area contributed by atoms with E-state index in [9.17, 15) is 9.59 Å². The molecule has 0 aromatic heterocycles. The van der Waals surface area contributed by atoms with Gasteiger partial charge in [-0.15, -0.1) is 0 Å². The smallest absolute Gasteiger partial charge is 0.306 e. The lowest BCUT2D eigenvalue weighted by Crippen LogP contribution is -2.47. The summed E-state index contributed by atoms with van der Waals surface area (Å²) in [7, 11) is 0. The second-order valence-corrected chi connectivity index (χ2v) is 5.32. The van der Waals surface area contributed by atoms with Gasteiger partial charge in [-0.3, -0.25) is 9.59 Å². The van der Waals surface area contributed by atoms with Crippen LogP contribution in [0.4, 0.5) is 0 Å². The van der Waals surface area contributed by atoms with Crippen LogP contribution in [0.15, 0.2) is 0 Å². The third-order valence-electron chi connectivity index (χ3n) is 4.16. The Hall–Kier alpha value is -0.900. The van der Waals surface area contributed by atoms with E-state index in [4.69, 9.17) is 4.74 Å². The van der Waals surface area contributed by atoms with E-state index >= 15 is 0 Å². The third kappa shape index (κ3) is 3.31. The Kier molecular flexibility index (Phi) is 4.75. The maximum atomic E-state index is 12.1. The second kappa shape index (κ2) is 6.32. The third-order valence-corrected chi connectivity index (χ3v) is 4.16. The number of hydrogen-bond donors (Lipinski definition) is 0. The first kappa shape index (κ1) is 13.5. The molecule has 2 heterocycles. The number of ether oxygens (including phenoxy) is 1. The van der Waals surface area contributed by atoms with Gasteiger partial charge < -0.3 is 9.64 Å². The molecular formula is C14H23NO3. The lowest BCUT2D eigenvalue weighted by Gasteiger charge is -2.40. The summed E-state index contributed by atoms with van der Waals surface area (Å²) in [5.74, 6) is 0.191. The van der Waals surface area contributed by atoms with Crippen LogP contribution in [0.2, 0.25) is 0 Å². The lowest BCUT2D eigenvalue weighted by molar-refractivity contribution is -0.144. The van der Waals surface area contributed by atoms with E-state index in [1.165, 1.54) is 13.0 Å². The van der Waals surface area contributed by atoms with Gasteiger partial charge in [0.1, 0.15) is 5.78 Å². The summed E-state index contributed by atoms with van der Waals surface area (Å²) in [6, 6.07) is 0.629. The minimum absolute atomic E-state index is 0.176. The minimum atomic E-state index is -0.246. The number of hydrogen-bond acceptors (Lipinski definition) is 4. The van der Waals surface area contributed by atoms with Crippen LogP contribution in [0.25, 0.3) is 0 Å². The predicted octanol–water partition coefficient (Wildman–Crippen LogP) is 1.77. The van der Waals surface area contributed by atoms with E-state index in [2.05, 4.69) is 4.90 Å². The van der Waals surface area contributed by atoms with Crippen molar-refractivity contribution in [3.63, 3.8) is 0 Å². The highest BCUT2D eigenvalue weighted by atomic mass is 16.5. The quantitative estimate of drug-likeness (QED) is 0.701. The summed E-state index contributed by atoms with van der Waals surface area (Å²) in [5, 5.41) is 0. The molecule has 0 radical (unpaired) electrons. The van der Waals surface area contributed by atoms with Gasteiger partial charge in [0, 0.05) is 18.4 Å².